The minimum Gasteiger partial charge on any atom is -0.453 e. The third-order valence-electron chi connectivity index (χ3n) is 2.50. The number of hydrogen-bond donors (Lipinski definition) is 0. The summed E-state index contributed by atoms with van der Waals surface area (Å²) in [6.45, 7) is 1.11. The minimum atomic E-state index is -0.583. The number of amides is 1. The Kier molecular flexibility index (Phi) is 2.30. The van der Waals surface area contributed by atoms with Gasteiger partial charge < -0.3 is 9.64 Å². The summed E-state index contributed by atoms with van der Waals surface area (Å²) in [6, 6.07) is 0.136. The molecule has 0 N–H and O–H groups in total. The molecule has 0 radical (unpaired) electrons. The maximum atomic E-state index is 11.4. The second-order valence-corrected chi connectivity index (χ2v) is 3.72. The molecule has 1 atom stereocenters. The van der Waals surface area contributed by atoms with E-state index in [2.05, 4.69) is 0 Å². The lowest BCUT2D eigenvalue weighted by molar-refractivity contribution is -0.151. The summed E-state index contributed by atoms with van der Waals surface area (Å²) in [5, 5.41) is 0. The Bertz CT molecular complexity index is 372. The van der Waals surface area contributed by atoms with Crippen molar-refractivity contribution in [1.29, 1.82) is 0 Å². The maximum absolute atomic E-state index is 11.4. The second kappa shape index (κ2) is 3.49. The molecule has 1 amide bonds. The van der Waals surface area contributed by atoms with Crippen LogP contribution in [0.15, 0.2) is 11.8 Å². The summed E-state index contributed by atoms with van der Waals surface area (Å²) in [4.78, 5) is 34.7. The van der Waals surface area contributed by atoms with Gasteiger partial charge in [-0.3, -0.25) is 9.59 Å². The third-order valence-corrected chi connectivity index (χ3v) is 2.50. The molecule has 5 heteroatoms. The number of rotatable bonds is 3. The molecule has 0 saturated carbocycles. The summed E-state index contributed by atoms with van der Waals surface area (Å²) >= 11 is 0. The van der Waals surface area contributed by atoms with Crippen LogP contribution in [-0.4, -0.2) is 35.2 Å². The highest BCUT2D eigenvalue weighted by atomic mass is 16.5. The van der Waals surface area contributed by atoms with Crippen LogP contribution in [-0.2, 0) is 19.1 Å². The SMILES string of the molecule is CC(=O)COC(=O)C1=CCC2CC(=O)N12. The van der Waals surface area contributed by atoms with Gasteiger partial charge in [0.25, 0.3) is 0 Å². The van der Waals surface area contributed by atoms with Gasteiger partial charge in [-0.05, 0) is 13.3 Å². The smallest absolute Gasteiger partial charge is 0.355 e. The third kappa shape index (κ3) is 1.65. The normalized spacial score (nSPS) is 23.0. The van der Waals surface area contributed by atoms with Gasteiger partial charge in [0, 0.05) is 12.5 Å². The Balaban J connectivity index is 1.96. The molecule has 2 aliphatic heterocycles. The zero-order valence-electron chi connectivity index (χ0n) is 8.36. The fourth-order valence-electron chi connectivity index (χ4n) is 1.77. The second-order valence-electron chi connectivity index (χ2n) is 3.72. The van der Waals surface area contributed by atoms with E-state index in [0.29, 0.717) is 12.8 Å². The van der Waals surface area contributed by atoms with Crippen LogP contribution in [0, 0.1) is 0 Å². The van der Waals surface area contributed by atoms with Crippen LogP contribution in [0.3, 0.4) is 0 Å². The monoisotopic (exact) mass is 209 g/mol. The fourth-order valence-corrected chi connectivity index (χ4v) is 1.77. The van der Waals surface area contributed by atoms with Crippen molar-refractivity contribution in [3.05, 3.63) is 11.8 Å². The van der Waals surface area contributed by atoms with Crippen molar-refractivity contribution in [3.63, 3.8) is 0 Å². The Morgan fingerprint density at radius 2 is 2.33 bits per heavy atom. The zero-order valence-corrected chi connectivity index (χ0v) is 8.36. The molecule has 0 aromatic heterocycles. The van der Waals surface area contributed by atoms with Gasteiger partial charge >= 0.3 is 5.97 Å². The zero-order chi connectivity index (χ0) is 11.0. The first-order chi connectivity index (χ1) is 7.09. The average Bonchev–Trinajstić information content (AvgIpc) is 2.51. The molecule has 2 heterocycles. The highest BCUT2D eigenvalue weighted by Gasteiger charge is 2.44. The topological polar surface area (TPSA) is 63.7 Å². The molecule has 2 aliphatic rings. The van der Waals surface area contributed by atoms with Crippen molar-refractivity contribution in [2.75, 3.05) is 6.61 Å². The number of carbonyl (C=O) groups is 3. The van der Waals surface area contributed by atoms with Gasteiger partial charge in [0.05, 0.1) is 0 Å². The molecule has 0 spiro atoms. The summed E-state index contributed by atoms with van der Waals surface area (Å²) in [7, 11) is 0. The first-order valence-corrected chi connectivity index (χ1v) is 4.78. The summed E-state index contributed by atoms with van der Waals surface area (Å²) in [5.74, 6) is -0.849. The number of ketones is 1. The predicted molar refractivity (Wildman–Crippen MR) is 49.6 cm³/mol. The number of nitrogens with zero attached hydrogens (tertiary/aromatic N) is 1. The number of ether oxygens (including phenoxy) is 1. The molecule has 1 saturated heterocycles. The summed E-state index contributed by atoms with van der Waals surface area (Å²) in [5.41, 5.74) is 0.289. The van der Waals surface area contributed by atoms with Gasteiger partial charge in [0.15, 0.2) is 5.78 Å². The van der Waals surface area contributed by atoms with E-state index in [9.17, 15) is 14.4 Å². The van der Waals surface area contributed by atoms with Gasteiger partial charge in [-0.1, -0.05) is 6.08 Å². The van der Waals surface area contributed by atoms with E-state index in [0.717, 1.165) is 0 Å². The average molecular weight is 209 g/mol. The predicted octanol–water partition coefficient (Wildman–Crippen LogP) is 0.00710. The standard InChI is InChI=1S/C10H11NO4/c1-6(12)5-15-10(14)8-3-2-7-4-9(13)11(7)8/h3,7H,2,4-5H2,1H3. The first-order valence-electron chi connectivity index (χ1n) is 4.78. The minimum absolute atomic E-state index is 0.0523. The lowest BCUT2D eigenvalue weighted by Gasteiger charge is -2.35. The first kappa shape index (κ1) is 9.89. The Labute approximate surface area is 86.7 Å². The van der Waals surface area contributed by atoms with Crippen LogP contribution in [0.4, 0.5) is 0 Å². The molecule has 0 bridgehead atoms. The molecule has 80 valence electrons. The largest absolute Gasteiger partial charge is 0.453 e. The van der Waals surface area contributed by atoms with Gasteiger partial charge in [-0.15, -0.1) is 0 Å². The van der Waals surface area contributed by atoms with Crippen molar-refractivity contribution >= 4 is 17.7 Å². The van der Waals surface area contributed by atoms with E-state index < -0.39 is 5.97 Å². The quantitative estimate of drug-likeness (QED) is 0.485. The highest BCUT2D eigenvalue weighted by Crippen LogP contribution is 2.33. The van der Waals surface area contributed by atoms with Crippen molar-refractivity contribution in [1.82, 2.24) is 4.90 Å². The molecule has 2 rings (SSSR count). The van der Waals surface area contributed by atoms with Gasteiger partial charge in [0.2, 0.25) is 5.91 Å². The molecule has 0 aliphatic carbocycles. The Morgan fingerprint density at radius 3 is 2.93 bits per heavy atom. The Morgan fingerprint density at radius 1 is 1.60 bits per heavy atom. The molecule has 0 aromatic carbocycles. The molecule has 1 fully saturated rings. The van der Waals surface area contributed by atoms with E-state index >= 15 is 0 Å². The number of β-lactam (4-membered cyclic amide) rings is 1. The van der Waals surface area contributed by atoms with E-state index in [1.165, 1.54) is 11.8 Å². The van der Waals surface area contributed by atoms with Crippen LogP contribution in [0.2, 0.25) is 0 Å². The van der Waals surface area contributed by atoms with E-state index in [1.54, 1.807) is 6.08 Å². The summed E-state index contributed by atoms with van der Waals surface area (Å²) in [6.07, 6.45) is 2.90. The van der Waals surface area contributed by atoms with Crippen molar-refractivity contribution < 1.29 is 19.1 Å². The van der Waals surface area contributed by atoms with Crippen LogP contribution in [0.1, 0.15) is 19.8 Å². The van der Waals surface area contributed by atoms with E-state index in [4.69, 9.17) is 4.74 Å². The van der Waals surface area contributed by atoms with Gasteiger partial charge in [-0.2, -0.15) is 0 Å². The van der Waals surface area contributed by atoms with Gasteiger partial charge in [0.1, 0.15) is 12.3 Å². The van der Waals surface area contributed by atoms with Gasteiger partial charge in [-0.25, -0.2) is 4.79 Å². The molecule has 1 unspecified atom stereocenters. The number of hydrogen-bond acceptors (Lipinski definition) is 4. The molecular formula is C10H11NO4. The Hall–Kier alpha value is -1.65. The van der Waals surface area contributed by atoms with Crippen LogP contribution < -0.4 is 0 Å². The lowest BCUT2D eigenvalue weighted by Crippen LogP contribution is -2.49. The summed E-state index contributed by atoms with van der Waals surface area (Å²) < 4.78 is 4.74. The number of esters is 1. The van der Waals surface area contributed by atoms with Crippen LogP contribution >= 0.6 is 0 Å². The van der Waals surface area contributed by atoms with Crippen LogP contribution in [0.5, 0.6) is 0 Å². The lowest BCUT2D eigenvalue weighted by atomic mass is 10.0. The van der Waals surface area contributed by atoms with Crippen LogP contribution in [0.25, 0.3) is 0 Å². The molecule has 5 nitrogen and oxygen atoms in total. The molecular weight excluding hydrogens is 198 g/mol. The van der Waals surface area contributed by atoms with Crippen molar-refractivity contribution in [2.24, 2.45) is 0 Å². The van der Waals surface area contributed by atoms with Crippen molar-refractivity contribution in [2.45, 2.75) is 25.8 Å². The van der Waals surface area contributed by atoms with Crippen molar-refractivity contribution in [3.8, 4) is 0 Å². The number of Topliss-reactive ketones (excluding diaryl/α,β-unsaturated/α-hetero) is 1. The van der Waals surface area contributed by atoms with E-state index in [1.807, 2.05) is 0 Å². The highest BCUT2D eigenvalue weighted by molar-refractivity contribution is 5.98. The maximum Gasteiger partial charge on any atom is 0.355 e. The molecule has 0 aromatic rings. The molecule has 15 heavy (non-hydrogen) atoms. The number of carbonyl (C=O) groups excluding carboxylic acids is 3. The fraction of sp³-hybridized carbons (Fsp3) is 0.500. The number of fused-ring (bicyclic) bond motifs is 1. The van der Waals surface area contributed by atoms with E-state index in [-0.39, 0.29) is 30.0 Å².